The van der Waals surface area contributed by atoms with E-state index in [1.807, 2.05) is 26.0 Å². The summed E-state index contributed by atoms with van der Waals surface area (Å²) in [5.41, 5.74) is 1.81. The molecule has 1 aliphatic rings. The first kappa shape index (κ1) is 24.2. The van der Waals surface area contributed by atoms with Crippen molar-refractivity contribution >= 4 is 34.9 Å². The van der Waals surface area contributed by atoms with Crippen molar-refractivity contribution in [3.63, 3.8) is 0 Å². The molecule has 3 rings (SSSR count). The zero-order valence-corrected chi connectivity index (χ0v) is 19.6. The van der Waals surface area contributed by atoms with Gasteiger partial charge in [-0.25, -0.2) is 0 Å². The predicted molar refractivity (Wildman–Crippen MR) is 127 cm³/mol. The number of nitrogens with one attached hydrogen (secondary N) is 1. The maximum Gasteiger partial charge on any atom is 0.293 e. The summed E-state index contributed by atoms with van der Waals surface area (Å²) in [5.74, 6) is 1.01. The maximum atomic E-state index is 12.7. The number of aryl methyl sites for hydroxylation is 1. The number of carbonyl (C=O) groups is 3. The molecular weight excluding hydrogens is 444 g/mol. The van der Waals surface area contributed by atoms with E-state index in [4.69, 9.17) is 14.2 Å². The summed E-state index contributed by atoms with van der Waals surface area (Å²) in [5, 5.41) is 2.28. The minimum atomic E-state index is -0.400. The molecule has 1 fully saturated rings. The average Bonchev–Trinajstić information content (AvgIpc) is 3.07. The highest BCUT2D eigenvalue weighted by atomic mass is 32.2. The molecule has 0 unspecified atom stereocenters. The summed E-state index contributed by atoms with van der Waals surface area (Å²) in [6.45, 7) is 4.41. The molecule has 3 amide bonds. The molecule has 0 atom stereocenters. The predicted octanol–water partition coefficient (Wildman–Crippen LogP) is 3.63. The van der Waals surface area contributed by atoms with E-state index in [1.165, 1.54) is 7.11 Å². The molecule has 0 radical (unpaired) electrons. The van der Waals surface area contributed by atoms with E-state index in [-0.39, 0.29) is 30.8 Å². The van der Waals surface area contributed by atoms with Gasteiger partial charge < -0.3 is 19.5 Å². The van der Waals surface area contributed by atoms with Crippen molar-refractivity contribution in [2.45, 2.75) is 13.8 Å². The number of benzene rings is 2. The second-order valence-electron chi connectivity index (χ2n) is 7.13. The van der Waals surface area contributed by atoms with Crippen LogP contribution >= 0.6 is 11.8 Å². The fourth-order valence-electron chi connectivity index (χ4n) is 3.03. The number of nitrogens with zero attached hydrogens (tertiary/aromatic N) is 1. The fourth-order valence-corrected chi connectivity index (χ4v) is 3.90. The van der Waals surface area contributed by atoms with Gasteiger partial charge >= 0.3 is 0 Å². The Balaban J connectivity index is 1.52. The third-order valence-corrected chi connectivity index (χ3v) is 5.61. The Morgan fingerprint density at radius 3 is 2.55 bits per heavy atom. The van der Waals surface area contributed by atoms with E-state index in [9.17, 15) is 14.4 Å². The molecule has 0 bridgehead atoms. The van der Waals surface area contributed by atoms with Crippen LogP contribution in [0.5, 0.6) is 17.2 Å². The van der Waals surface area contributed by atoms with Crippen LogP contribution in [0.25, 0.3) is 6.08 Å². The highest BCUT2D eigenvalue weighted by Crippen LogP contribution is 2.34. The van der Waals surface area contributed by atoms with Crippen molar-refractivity contribution in [1.29, 1.82) is 0 Å². The topological polar surface area (TPSA) is 94.2 Å². The first-order valence-corrected chi connectivity index (χ1v) is 11.2. The summed E-state index contributed by atoms with van der Waals surface area (Å²) < 4.78 is 16.2. The summed E-state index contributed by atoms with van der Waals surface area (Å²) in [4.78, 5) is 38.4. The molecule has 0 saturated carbocycles. The number of rotatable bonds is 10. The standard InChI is InChI=1S/C24H26N2O6S/c1-4-31-19-10-7-17(13-20(19)30-3)14-21-23(28)26(24(29)33-21)12-11-25-22(27)15-32-18-8-5-16(2)6-9-18/h5-10,13-14H,4,11-12,15H2,1-3H3,(H,25,27). The Kier molecular flexibility index (Phi) is 8.37. The number of thioether (sulfide) groups is 1. The van der Waals surface area contributed by atoms with Crippen LogP contribution in [-0.4, -0.2) is 55.4 Å². The van der Waals surface area contributed by atoms with Crippen molar-refractivity contribution < 1.29 is 28.6 Å². The lowest BCUT2D eigenvalue weighted by Gasteiger charge is -2.13. The highest BCUT2D eigenvalue weighted by Gasteiger charge is 2.34. The number of hydrogen-bond acceptors (Lipinski definition) is 7. The van der Waals surface area contributed by atoms with E-state index >= 15 is 0 Å². The number of amides is 3. The summed E-state index contributed by atoms with van der Waals surface area (Å²) in [6, 6.07) is 12.6. The van der Waals surface area contributed by atoms with Gasteiger partial charge in [0.15, 0.2) is 18.1 Å². The Hall–Kier alpha value is -3.46. The van der Waals surface area contributed by atoms with Crippen LogP contribution < -0.4 is 19.5 Å². The lowest BCUT2D eigenvalue weighted by atomic mass is 10.2. The molecule has 9 heteroatoms. The summed E-state index contributed by atoms with van der Waals surface area (Å²) in [6.07, 6.45) is 1.64. The lowest BCUT2D eigenvalue weighted by Crippen LogP contribution is -2.38. The number of imide groups is 1. The third-order valence-electron chi connectivity index (χ3n) is 4.71. The largest absolute Gasteiger partial charge is 0.493 e. The van der Waals surface area contributed by atoms with Gasteiger partial charge in [-0.2, -0.15) is 0 Å². The van der Waals surface area contributed by atoms with Crippen molar-refractivity contribution in [3.05, 3.63) is 58.5 Å². The van der Waals surface area contributed by atoms with E-state index in [0.29, 0.717) is 34.3 Å². The Bertz CT molecular complexity index is 1050. The van der Waals surface area contributed by atoms with Crippen molar-refractivity contribution in [3.8, 4) is 17.2 Å². The van der Waals surface area contributed by atoms with Crippen molar-refractivity contribution in [2.24, 2.45) is 0 Å². The first-order valence-electron chi connectivity index (χ1n) is 10.4. The normalized spacial score (nSPS) is 14.5. The minimum absolute atomic E-state index is 0.0743. The molecule has 0 spiro atoms. The van der Waals surface area contributed by atoms with Gasteiger partial charge in [-0.1, -0.05) is 23.8 Å². The van der Waals surface area contributed by atoms with Crippen LogP contribution in [-0.2, 0) is 9.59 Å². The molecular formula is C24H26N2O6S. The monoisotopic (exact) mass is 470 g/mol. The van der Waals surface area contributed by atoms with Crippen LogP contribution in [0.4, 0.5) is 4.79 Å². The average molecular weight is 471 g/mol. The molecule has 1 heterocycles. The number of methoxy groups -OCH3 is 1. The zero-order chi connectivity index (χ0) is 23.8. The quantitative estimate of drug-likeness (QED) is 0.530. The Labute approximate surface area is 196 Å². The van der Waals surface area contributed by atoms with Gasteiger partial charge in [0.25, 0.3) is 17.1 Å². The van der Waals surface area contributed by atoms with Gasteiger partial charge in [0.05, 0.1) is 18.6 Å². The second-order valence-corrected chi connectivity index (χ2v) is 8.12. The maximum absolute atomic E-state index is 12.7. The van der Waals surface area contributed by atoms with Crippen LogP contribution in [0.15, 0.2) is 47.4 Å². The molecule has 0 aliphatic carbocycles. The second kappa shape index (κ2) is 11.4. The van der Waals surface area contributed by atoms with Gasteiger partial charge in [0.1, 0.15) is 5.75 Å². The lowest BCUT2D eigenvalue weighted by molar-refractivity contribution is -0.125. The molecule has 174 valence electrons. The molecule has 2 aromatic carbocycles. The molecule has 0 aromatic heterocycles. The summed E-state index contributed by atoms with van der Waals surface area (Å²) >= 11 is 0.861. The molecule has 1 aliphatic heterocycles. The molecule has 1 saturated heterocycles. The van der Waals surface area contributed by atoms with Gasteiger partial charge in [-0.3, -0.25) is 19.3 Å². The smallest absolute Gasteiger partial charge is 0.293 e. The SMILES string of the molecule is CCOc1ccc(C=C2SC(=O)N(CCNC(=O)COc3ccc(C)cc3)C2=O)cc1OC. The molecule has 2 aromatic rings. The first-order chi connectivity index (χ1) is 15.9. The Morgan fingerprint density at radius 2 is 1.85 bits per heavy atom. The van der Waals surface area contributed by atoms with E-state index in [0.717, 1.165) is 22.2 Å². The van der Waals surface area contributed by atoms with Crippen molar-refractivity contribution in [1.82, 2.24) is 10.2 Å². The van der Waals surface area contributed by atoms with Crippen LogP contribution in [0.2, 0.25) is 0 Å². The van der Waals surface area contributed by atoms with E-state index in [2.05, 4.69) is 5.32 Å². The number of carbonyl (C=O) groups excluding carboxylic acids is 3. The zero-order valence-electron chi connectivity index (χ0n) is 18.8. The number of hydrogen-bond donors (Lipinski definition) is 1. The van der Waals surface area contributed by atoms with Gasteiger partial charge in [-0.05, 0) is 61.5 Å². The van der Waals surface area contributed by atoms with Crippen LogP contribution in [0.3, 0.4) is 0 Å². The van der Waals surface area contributed by atoms with Crippen LogP contribution in [0.1, 0.15) is 18.1 Å². The molecule has 33 heavy (non-hydrogen) atoms. The fraction of sp³-hybridized carbons (Fsp3) is 0.292. The highest BCUT2D eigenvalue weighted by molar-refractivity contribution is 8.18. The minimum Gasteiger partial charge on any atom is -0.493 e. The van der Waals surface area contributed by atoms with E-state index < -0.39 is 5.91 Å². The molecule has 1 N–H and O–H groups in total. The molecule has 8 nitrogen and oxygen atoms in total. The number of ether oxygens (including phenoxy) is 3. The van der Waals surface area contributed by atoms with Gasteiger partial charge in [-0.15, -0.1) is 0 Å². The van der Waals surface area contributed by atoms with E-state index in [1.54, 1.807) is 36.4 Å². The Morgan fingerprint density at radius 1 is 1.09 bits per heavy atom. The van der Waals surface area contributed by atoms with Gasteiger partial charge in [0.2, 0.25) is 0 Å². The van der Waals surface area contributed by atoms with Crippen molar-refractivity contribution in [2.75, 3.05) is 33.4 Å². The summed E-state index contributed by atoms with van der Waals surface area (Å²) in [7, 11) is 1.54. The van der Waals surface area contributed by atoms with Gasteiger partial charge in [0, 0.05) is 13.1 Å². The van der Waals surface area contributed by atoms with Crippen LogP contribution in [0, 0.1) is 6.92 Å². The third kappa shape index (κ3) is 6.52.